The van der Waals surface area contributed by atoms with Gasteiger partial charge >= 0.3 is 0 Å². The van der Waals surface area contributed by atoms with Gasteiger partial charge < -0.3 is 14.8 Å². The van der Waals surface area contributed by atoms with Gasteiger partial charge in [0, 0.05) is 0 Å². The minimum absolute atomic E-state index is 0.570. The second-order valence-corrected chi connectivity index (χ2v) is 4.16. The largest absolute Gasteiger partial charge is 0.495 e. The van der Waals surface area contributed by atoms with Crippen LogP contribution < -0.4 is 14.8 Å². The topological polar surface area (TPSA) is 30.5 Å². The minimum Gasteiger partial charge on any atom is -0.495 e. The van der Waals surface area contributed by atoms with E-state index in [1.54, 1.807) is 14.2 Å². The zero-order chi connectivity index (χ0) is 12.8. The Bertz CT molecular complexity index is 380. The first-order valence-electron chi connectivity index (χ1n) is 5.76. The van der Waals surface area contributed by atoms with Gasteiger partial charge in [0.2, 0.25) is 0 Å². The van der Waals surface area contributed by atoms with Crippen molar-refractivity contribution < 1.29 is 9.47 Å². The first-order valence-corrected chi connectivity index (χ1v) is 6.14. The number of hydrogen-bond acceptors (Lipinski definition) is 3. The molecule has 0 radical (unpaired) electrons. The number of hydrogen-bond donors (Lipinski definition) is 1. The Balaban J connectivity index is 3.24. The summed E-state index contributed by atoms with van der Waals surface area (Å²) >= 11 is 6.31. The van der Waals surface area contributed by atoms with Crippen LogP contribution in [0.15, 0.2) is 6.07 Å². The Morgan fingerprint density at radius 2 is 1.76 bits per heavy atom. The van der Waals surface area contributed by atoms with Crippen LogP contribution in [-0.2, 0) is 12.8 Å². The van der Waals surface area contributed by atoms with Gasteiger partial charge in [-0.05, 0) is 43.6 Å². The average molecular weight is 258 g/mol. The maximum absolute atomic E-state index is 6.31. The van der Waals surface area contributed by atoms with Crippen molar-refractivity contribution in [2.24, 2.45) is 0 Å². The van der Waals surface area contributed by atoms with E-state index in [0.717, 1.165) is 42.0 Å². The maximum atomic E-state index is 6.31. The highest BCUT2D eigenvalue weighted by Crippen LogP contribution is 2.40. The predicted molar refractivity (Wildman–Crippen MR) is 71.6 cm³/mol. The fraction of sp³-hybridized carbons (Fsp3) is 0.538. The van der Waals surface area contributed by atoms with Crippen LogP contribution in [0.3, 0.4) is 0 Å². The van der Waals surface area contributed by atoms with Crippen LogP contribution in [0.5, 0.6) is 11.5 Å². The van der Waals surface area contributed by atoms with E-state index in [0.29, 0.717) is 5.02 Å². The van der Waals surface area contributed by atoms with Crippen LogP contribution in [0, 0.1) is 0 Å². The van der Waals surface area contributed by atoms with Gasteiger partial charge in [0.1, 0.15) is 16.5 Å². The Hall–Kier alpha value is -0.930. The zero-order valence-electron chi connectivity index (χ0n) is 10.9. The quantitative estimate of drug-likeness (QED) is 0.850. The van der Waals surface area contributed by atoms with Crippen LogP contribution in [0.25, 0.3) is 0 Å². The molecule has 96 valence electrons. The van der Waals surface area contributed by atoms with Crippen molar-refractivity contribution in [3.63, 3.8) is 0 Å². The summed E-state index contributed by atoms with van der Waals surface area (Å²) < 4.78 is 10.7. The van der Waals surface area contributed by atoms with Gasteiger partial charge in [0.15, 0.2) is 0 Å². The van der Waals surface area contributed by atoms with Crippen LogP contribution >= 0.6 is 11.6 Å². The van der Waals surface area contributed by atoms with Gasteiger partial charge in [0.05, 0.1) is 14.2 Å². The number of likely N-dealkylation sites (N-methyl/N-ethyl adjacent to an activating group) is 1. The third-order valence-corrected chi connectivity index (χ3v) is 3.11. The molecule has 17 heavy (non-hydrogen) atoms. The SMILES string of the molecule is CCc1cc(CCNC)c(OC)c(Cl)c1OC. The molecule has 1 aromatic carbocycles. The fourth-order valence-corrected chi connectivity index (χ4v) is 2.27. The standard InChI is InChI=1S/C13H20ClNO2/c1-5-9-8-10(6-7-15-2)13(17-4)11(14)12(9)16-3/h8,15H,5-7H2,1-4H3. The zero-order valence-corrected chi connectivity index (χ0v) is 11.6. The molecular formula is C13H20ClNO2. The number of aryl methyl sites for hydroxylation is 1. The smallest absolute Gasteiger partial charge is 0.144 e. The van der Waals surface area contributed by atoms with Gasteiger partial charge in [0.25, 0.3) is 0 Å². The average Bonchev–Trinajstić information content (AvgIpc) is 2.35. The molecule has 0 aromatic heterocycles. The summed E-state index contributed by atoms with van der Waals surface area (Å²) in [5.74, 6) is 1.44. The van der Waals surface area contributed by atoms with Crippen molar-refractivity contribution in [2.75, 3.05) is 27.8 Å². The molecule has 0 atom stereocenters. The molecule has 0 aliphatic rings. The van der Waals surface area contributed by atoms with Gasteiger partial charge in [-0.1, -0.05) is 18.5 Å². The van der Waals surface area contributed by atoms with Crippen molar-refractivity contribution >= 4 is 11.6 Å². The molecule has 3 nitrogen and oxygen atoms in total. The Morgan fingerprint density at radius 1 is 1.18 bits per heavy atom. The molecule has 0 saturated carbocycles. The Labute approximate surface area is 108 Å². The second kappa shape index (κ2) is 6.72. The normalized spacial score (nSPS) is 10.4. The van der Waals surface area contributed by atoms with Gasteiger partial charge in [-0.15, -0.1) is 0 Å². The van der Waals surface area contributed by atoms with E-state index in [1.165, 1.54) is 0 Å². The third kappa shape index (κ3) is 3.05. The van der Waals surface area contributed by atoms with Crippen LogP contribution in [-0.4, -0.2) is 27.8 Å². The van der Waals surface area contributed by atoms with E-state index >= 15 is 0 Å². The summed E-state index contributed by atoms with van der Waals surface area (Å²) in [6.07, 6.45) is 1.77. The molecule has 1 rings (SSSR count). The van der Waals surface area contributed by atoms with E-state index in [2.05, 4.69) is 18.3 Å². The summed E-state index contributed by atoms with van der Waals surface area (Å²) in [4.78, 5) is 0. The number of methoxy groups -OCH3 is 2. The summed E-state index contributed by atoms with van der Waals surface area (Å²) in [6.45, 7) is 2.98. The van der Waals surface area contributed by atoms with Crippen molar-refractivity contribution in [3.05, 3.63) is 22.2 Å². The van der Waals surface area contributed by atoms with Crippen molar-refractivity contribution in [1.82, 2.24) is 5.32 Å². The number of ether oxygens (including phenoxy) is 2. The number of halogens is 1. The number of rotatable bonds is 6. The van der Waals surface area contributed by atoms with E-state index < -0.39 is 0 Å². The monoisotopic (exact) mass is 257 g/mol. The van der Waals surface area contributed by atoms with Gasteiger partial charge in [-0.2, -0.15) is 0 Å². The van der Waals surface area contributed by atoms with Crippen molar-refractivity contribution in [2.45, 2.75) is 19.8 Å². The molecular weight excluding hydrogens is 238 g/mol. The van der Waals surface area contributed by atoms with Gasteiger partial charge in [-0.25, -0.2) is 0 Å². The number of benzene rings is 1. The summed E-state index contributed by atoms with van der Waals surface area (Å²) in [6, 6.07) is 2.11. The minimum atomic E-state index is 0.570. The molecule has 0 aliphatic heterocycles. The van der Waals surface area contributed by atoms with Crippen molar-refractivity contribution in [1.29, 1.82) is 0 Å². The maximum Gasteiger partial charge on any atom is 0.144 e. The highest BCUT2D eigenvalue weighted by Gasteiger charge is 2.16. The molecule has 0 aliphatic carbocycles. The molecule has 4 heteroatoms. The van der Waals surface area contributed by atoms with E-state index in [-0.39, 0.29) is 0 Å². The highest BCUT2D eigenvalue weighted by molar-refractivity contribution is 6.33. The lowest BCUT2D eigenvalue weighted by Crippen LogP contribution is -2.11. The molecule has 0 amide bonds. The lowest BCUT2D eigenvalue weighted by Gasteiger charge is -2.16. The van der Waals surface area contributed by atoms with E-state index in [9.17, 15) is 0 Å². The third-order valence-electron chi connectivity index (χ3n) is 2.76. The molecule has 1 N–H and O–H groups in total. The molecule has 0 spiro atoms. The summed E-state index contributed by atoms with van der Waals surface area (Å²) in [5, 5.41) is 3.69. The van der Waals surface area contributed by atoms with Crippen molar-refractivity contribution in [3.8, 4) is 11.5 Å². The second-order valence-electron chi connectivity index (χ2n) is 3.78. The molecule has 0 unspecified atom stereocenters. The van der Waals surface area contributed by atoms with Crippen LogP contribution in [0.2, 0.25) is 5.02 Å². The fourth-order valence-electron chi connectivity index (χ4n) is 1.88. The molecule has 0 bridgehead atoms. The van der Waals surface area contributed by atoms with Crippen LogP contribution in [0.4, 0.5) is 0 Å². The Kier molecular flexibility index (Phi) is 5.59. The predicted octanol–water partition coefficient (Wildman–Crippen LogP) is 2.68. The first kappa shape index (κ1) is 14.1. The summed E-state index contributed by atoms with van der Waals surface area (Å²) in [5.41, 5.74) is 2.23. The molecule has 1 aromatic rings. The Morgan fingerprint density at radius 3 is 2.24 bits per heavy atom. The van der Waals surface area contributed by atoms with E-state index in [4.69, 9.17) is 21.1 Å². The molecule has 0 fully saturated rings. The lowest BCUT2D eigenvalue weighted by atomic mass is 10.0. The van der Waals surface area contributed by atoms with Gasteiger partial charge in [-0.3, -0.25) is 0 Å². The lowest BCUT2D eigenvalue weighted by molar-refractivity contribution is 0.388. The highest BCUT2D eigenvalue weighted by atomic mass is 35.5. The van der Waals surface area contributed by atoms with E-state index in [1.807, 2.05) is 7.05 Å². The number of nitrogens with one attached hydrogen (secondary N) is 1. The first-order chi connectivity index (χ1) is 8.19. The molecule has 0 heterocycles. The van der Waals surface area contributed by atoms with Crippen LogP contribution in [0.1, 0.15) is 18.1 Å². The molecule has 0 saturated heterocycles. The summed E-state index contributed by atoms with van der Waals surface area (Å²) in [7, 11) is 5.20.